The summed E-state index contributed by atoms with van der Waals surface area (Å²) in [5, 5.41) is 9.66. The Labute approximate surface area is 118 Å². The summed E-state index contributed by atoms with van der Waals surface area (Å²) >= 11 is 0. The second-order valence-corrected chi connectivity index (χ2v) is 5.30. The van der Waals surface area contributed by atoms with Gasteiger partial charge in [0.2, 0.25) is 0 Å². The maximum absolute atomic E-state index is 12.4. The lowest BCUT2D eigenvalue weighted by molar-refractivity contribution is 0.0263. The number of furan rings is 1. The zero-order chi connectivity index (χ0) is 14.6. The van der Waals surface area contributed by atoms with Crippen LogP contribution in [0.2, 0.25) is 0 Å². The summed E-state index contributed by atoms with van der Waals surface area (Å²) in [6, 6.07) is 3.24. The number of carbonyl (C=O) groups is 1. The van der Waals surface area contributed by atoms with Gasteiger partial charge in [-0.1, -0.05) is 6.08 Å². The van der Waals surface area contributed by atoms with Crippen molar-refractivity contribution in [1.82, 2.24) is 4.90 Å². The Morgan fingerprint density at radius 2 is 2.45 bits per heavy atom. The normalized spacial score (nSPS) is 22.6. The molecule has 0 spiro atoms. The lowest BCUT2D eigenvalue weighted by Gasteiger charge is -2.41. The van der Waals surface area contributed by atoms with Gasteiger partial charge < -0.3 is 19.2 Å². The summed E-state index contributed by atoms with van der Waals surface area (Å²) in [6.07, 6.45) is 4.29. The van der Waals surface area contributed by atoms with Crippen LogP contribution in [0.25, 0.3) is 0 Å². The number of likely N-dealkylation sites (tertiary alicyclic amines) is 1. The average molecular weight is 279 g/mol. The zero-order valence-electron chi connectivity index (χ0n) is 11.8. The van der Waals surface area contributed by atoms with Crippen LogP contribution in [0.15, 0.2) is 29.2 Å². The number of piperidine rings is 1. The molecule has 1 aliphatic heterocycles. The summed E-state index contributed by atoms with van der Waals surface area (Å²) in [6.45, 7) is 5.01. The molecule has 1 aromatic rings. The molecule has 0 saturated carbocycles. The fourth-order valence-corrected chi connectivity index (χ4v) is 2.75. The van der Waals surface area contributed by atoms with Crippen LogP contribution in [0, 0.1) is 5.41 Å². The van der Waals surface area contributed by atoms with E-state index in [1.807, 2.05) is 0 Å². The van der Waals surface area contributed by atoms with Gasteiger partial charge >= 0.3 is 0 Å². The van der Waals surface area contributed by atoms with Crippen molar-refractivity contribution in [1.29, 1.82) is 0 Å². The lowest BCUT2D eigenvalue weighted by Crippen LogP contribution is -2.47. The third kappa shape index (κ3) is 2.88. The smallest absolute Gasteiger partial charge is 0.289 e. The molecule has 0 aromatic carbocycles. The van der Waals surface area contributed by atoms with E-state index >= 15 is 0 Å². The van der Waals surface area contributed by atoms with Gasteiger partial charge in [-0.25, -0.2) is 0 Å². The highest BCUT2D eigenvalue weighted by atomic mass is 16.6. The number of amides is 1. The van der Waals surface area contributed by atoms with Crippen LogP contribution in [0.5, 0.6) is 5.95 Å². The first-order chi connectivity index (χ1) is 9.64. The molecule has 20 heavy (non-hydrogen) atoms. The monoisotopic (exact) mass is 279 g/mol. The van der Waals surface area contributed by atoms with Crippen LogP contribution >= 0.6 is 0 Å². The molecule has 2 heterocycles. The van der Waals surface area contributed by atoms with Crippen molar-refractivity contribution < 1.29 is 19.1 Å². The third-order valence-electron chi connectivity index (χ3n) is 3.85. The highest BCUT2D eigenvalue weighted by Crippen LogP contribution is 2.34. The van der Waals surface area contributed by atoms with E-state index in [0.29, 0.717) is 25.5 Å². The second kappa shape index (κ2) is 6.13. The van der Waals surface area contributed by atoms with Crippen molar-refractivity contribution in [3.63, 3.8) is 0 Å². The molecule has 5 heteroatoms. The molecule has 5 nitrogen and oxygen atoms in total. The van der Waals surface area contributed by atoms with Crippen LogP contribution in [-0.2, 0) is 0 Å². The van der Waals surface area contributed by atoms with Crippen LogP contribution in [0.3, 0.4) is 0 Å². The Morgan fingerprint density at radius 1 is 1.65 bits per heavy atom. The van der Waals surface area contributed by atoms with Crippen molar-refractivity contribution >= 4 is 5.91 Å². The van der Waals surface area contributed by atoms with Crippen LogP contribution in [0.4, 0.5) is 0 Å². The molecular formula is C15H21NO4. The van der Waals surface area contributed by atoms with Crippen LogP contribution in [-0.4, -0.2) is 42.7 Å². The Balaban J connectivity index is 2.11. The van der Waals surface area contributed by atoms with E-state index in [1.165, 1.54) is 7.11 Å². The number of rotatable bonds is 5. The molecule has 2 rings (SSSR count). The van der Waals surface area contributed by atoms with Gasteiger partial charge in [-0.15, -0.1) is 6.58 Å². The largest absolute Gasteiger partial charge is 0.468 e. The third-order valence-corrected chi connectivity index (χ3v) is 3.85. The van der Waals surface area contributed by atoms with E-state index in [4.69, 9.17) is 9.15 Å². The lowest BCUT2D eigenvalue weighted by atomic mass is 9.78. The fourth-order valence-electron chi connectivity index (χ4n) is 2.75. The molecule has 0 aliphatic carbocycles. The fraction of sp³-hybridized carbons (Fsp3) is 0.533. The first kappa shape index (κ1) is 14.7. The molecule has 1 fully saturated rings. The minimum atomic E-state index is -0.271. The summed E-state index contributed by atoms with van der Waals surface area (Å²) < 4.78 is 10.3. The quantitative estimate of drug-likeness (QED) is 0.838. The number of hydrogen-bond donors (Lipinski definition) is 1. The number of hydrogen-bond acceptors (Lipinski definition) is 4. The Kier molecular flexibility index (Phi) is 4.49. The number of ether oxygens (including phenoxy) is 1. The van der Waals surface area contributed by atoms with Gasteiger partial charge in [-0.3, -0.25) is 4.79 Å². The molecule has 0 radical (unpaired) electrons. The molecule has 1 atom stereocenters. The summed E-state index contributed by atoms with van der Waals surface area (Å²) in [5.74, 6) is 0.439. The van der Waals surface area contributed by atoms with Gasteiger partial charge in [0.05, 0.1) is 13.7 Å². The van der Waals surface area contributed by atoms with E-state index in [0.717, 1.165) is 12.8 Å². The predicted molar refractivity (Wildman–Crippen MR) is 74.7 cm³/mol. The molecule has 1 unspecified atom stereocenters. The summed E-state index contributed by atoms with van der Waals surface area (Å²) in [4.78, 5) is 14.1. The van der Waals surface area contributed by atoms with E-state index in [2.05, 4.69) is 6.58 Å². The topological polar surface area (TPSA) is 62.9 Å². The second-order valence-electron chi connectivity index (χ2n) is 5.30. The Bertz CT molecular complexity index is 482. The van der Waals surface area contributed by atoms with Gasteiger partial charge in [0.15, 0.2) is 5.76 Å². The van der Waals surface area contributed by atoms with Gasteiger partial charge in [0, 0.05) is 24.6 Å². The minimum absolute atomic E-state index is 0.0598. The standard InChI is InChI=1S/C15H21NO4/c1-3-7-15(11-17)8-4-9-16(10-15)14(18)12-5-6-13(19-2)20-12/h3,5-6,17H,1,4,7-11H2,2H3. The Hall–Kier alpha value is -1.75. The number of aliphatic hydroxyl groups excluding tert-OH is 1. The van der Waals surface area contributed by atoms with Gasteiger partial charge in [-0.05, 0) is 25.3 Å². The first-order valence-corrected chi connectivity index (χ1v) is 6.79. The van der Waals surface area contributed by atoms with E-state index in [9.17, 15) is 9.90 Å². The summed E-state index contributed by atoms with van der Waals surface area (Å²) in [7, 11) is 1.49. The highest BCUT2D eigenvalue weighted by molar-refractivity contribution is 5.91. The maximum Gasteiger partial charge on any atom is 0.289 e. The zero-order valence-corrected chi connectivity index (χ0v) is 11.8. The maximum atomic E-state index is 12.4. The van der Waals surface area contributed by atoms with Crippen molar-refractivity contribution in [3.05, 3.63) is 30.5 Å². The molecular weight excluding hydrogens is 258 g/mol. The number of aliphatic hydroxyl groups is 1. The molecule has 0 bridgehead atoms. The number of methoxy groups -OCH3 is 1. The van der Waals surface area contributed by atoms with Gasteiger partial charge in [0.1, 0.15) is 0 Å². The van der Waals surface area contributed by atoms with Crippen molar-refractivity contribution in [2.75, 3.05) is 26.8 Å². The highest BCUT2D eigenvalue weighted by Gasteiger charge is 2.36. The molecule has 1 amide bonds. The van der Waals surface area contributed by atoms with Crippen LogP contribution < -0.4 is 4.74 Å². The molecule has 1 saturated heterocycles. The summed E-state index contributed by atoms with van der Waals surface area (Å²) in [5.41, 5.74) is -0.271. The van der Waals surface area contributed by atoms with Gasteiger partial charge in [0.25, 0.3) is 11.9 Å². The molecule has 1 aliphatic rings. The number of nitrogens with zero attached hydrogens (tertiary/aromatic N) is 1. The first-order valence-electron chi connectivity index (χ1n) is 6.79. The minimum Gasteiger partial charge on any atom is -0.468 e. The van der Waals surface area contributed by atoms with Crippen molar-refractivity contribution in [2.45, 2.75) is 19.3 Å². The van der Waals surface area contributed by atoms with Crippen molar-refractivity contribution in [3.8, 4) is 5.95 Å². The SMILES string of the molecule is C=CCC1(CO)CCCN(C(=O)c2ccc(OC)o2)C1. The molecule has 110 valence electrons. The van der Waals surface area contributed by atoms with Crippen molar-refractivity contribution in [2.24, 2.45) is 5.41 Å². The average Bonchev–Trinajstić information content (AvgIpc) is 2.96. The van der Waals surface area contributed by atoms with E-state index in [-0.39, 0.29) is 23.7 Å². The number of carbonyl (C=O) groups excluding carboxylic acids is 1. The van der Waals surface area contributed by atoms with Gasteiger partial charge in [-0.2, -0.15) is 0 Å². The van der Waals surface area contributed by atoms with E-state index in [1.54, 1.807) is 23.1 Å². The molecule has 1 N–H and O–H groups in total. The number of allylic oxidation sites excluding steroid dienone is 1. The molecule has 1 aromatic heterocycles. The van der Waals surface area contributed by atoms with Crippen LogP contribution in [0.1, 0.15) is 29.8 Å². The predicted octanol–water partition coefficient (Wildman–Crippen LogP) is 2.08. The Morgan fingerprint density at radius 3 is 3.05 bits per heavy atom. The van der Waals surface area contributed by atoms with E-state index < -0.39 is 0 Å².